The third-order valence-electron chi connectivity index (χ3n) is 3.27. The van der Waals surface area contributed by atoms with Crippen molar-refractivity contribution in [2.45, 2.75) is 26.7 Å². The second-order valence-electron chi connectivity index (χ2n) is 4.42. The van der Waals surface area contributed by atoms with Gasteiger partial charge < -0.3 is 5.32 Å². The van der Waals surface area contributed by atoms with Crippen molar-refractivity contribution >= 4 is 0 Å². The van der Waals surface area contributed by atoms with E-state index in [1.807, 2.05) is 19.9 Å². The lowest BCUT2D eigenvalue weighted by Gasteiger charge is -2.25. The summed E-state index contributed by atoms with van der Waals surface area (Å²) in [5.74, 6) is -0.324. The van der Waals surface area contributed by atoms with E-state index in [1.54, 1.807) is 25.4 Å². The maximum Gasteiger partial charge on any atom is 0.276 e. The minimum Gasteiger partial charge on any atom is -0.357 e. The molecule has 1 aliphatic rings. The van der Waals surface area contributed by atoms with Crippen LogP contribution < -0.4 is 5.32 Å². The lowest BCUT2D eigenvalue weighted by molar-refractivity contribution is -0.431. The molecular formula is C13H15N3O2. The zero-order valence-corrected chi connectivity index (χ0v) is 10.6. The number of allylic oxidation sites excluding steroid dienone is 3. The maximum absolute atomic E-state index is 11.3. The largest absolute Gasteiger partial charge is 0.357 e. The van der Waals surface area contributed by atoms with Crippen LogP contribution in [-0.4, -0.2) is 9.91 Å². The first kappa shape index (κ1) is 12.3. The van der Waals surface area contributed by atoms with E-state index in [0.29, 0.717) is 5.70 Å². The Balaban J connectivity index is 2.58. The number of rotatable bonds is 2. The molecule has 0 fully saturated rings. The second kappa shape index (κ2) is 4.60. The number of aromatic nitrogens is 1. The average Bonchev–Trinajstić information content (AvgIpc) is 2.34. The summed E-state index contributed by atoms with van der Waals surface area (Å²) in [5.41, 5.74) is 3.57. The fraction of sp³-hybridized carbons (Fsp3) is 0.308. The van der Waals surface area contributed by atoms with Gasteiger partial charge in [-0.15, -0.1) is 0 Å². The highest BCUT2D eigenvalue weighted by Crippen LogP contribution is 2.37. The molecule has 1 aliphatic heterocycles. The van der Waals surface area contributed by atoms with Crippen LogP contribution in [-0.2, 0) is 0 Å². The Morgan fingerprint density at radius 1 is 1.33 bits per heavy atom. The van der Waals surface area contributed by atoms with Gasteiger partial charge in [0.2, 0.25) is 0 Å². The van der Waals surface area contributed by atoms with Gasteiger partial charge in [0.1, 0.15) is 5.92 Å². The van der Waals surface area contributed by atoms with Crippen molar-refractivity contribution in [2.75, 3.05) is 0 Å². The van der Waals surface area contributed by atoms with Gasteiger partial charge in [0.15, 0.2) is 0 Å². The van der Waals surface area contributed by atoms with Crippen LogP contribution in [0.3, 0.4) is 0 Å². The molecule has 0 aliphatic carbocycles. The van der Waals surface area contributed by atoms with Crippen LogP contribution >= 0.6 is 0 Å². The molecule has 2 rings (SSSR count). The number of hydrogen-bond acceptors (Lipinski definition) is 4. The highest BCUT2D eigenvalue weighted by molar-refractivity contribution is 5.41. The average molecular weight is 245 g/mol. The van der Waals surface area contributed by atoms with Crippen molar-refractivity contribution in [3.05, 3.63) is 62.9 Å². The Labute approximate surface area is 105 Å². The van der Waals surface area contributed by atoms with E-state index in [2.05, 4.69) is 10.3 Å². The molecule has 1 aromatic rings. The summed E-state index contributed by atoms with van der Waals surface area (Å²) in [5, 5.41) is 14.3. The van der Waals surface area contributed by atoms with E-state index in [0.717, 1.165) is 16.8 Å². The van der Waals surface area contributed by atoms with Gasteiger partial charge in [-0.2, -0.15) is 0 Å². The third-order valence-corrected chi connectivity index (χ3v) is 3.27. The molecule has 0 spiro atoms. The molecule has 0 saturated carbocycles. The number of dihydropyridines is 1. The Kier molecular flexibility index (Phi) is 3.14. The third kappa shape index (κ3) is 1.99. The normalized spacial score (nSPS) is 19.8. The zero-order valence-electron chi connectivity index (χ0n) is 10.6. The zero-order chi connectivity index (χ0) is 13.3. The van der Waals surface area contributed by atoms with Gasteiger partial charge in [-0.1, -0.05) is 6.07 Å². The van der Waals surface area contributed by atoms with E-state index in [9.17, 15) is 10.1 Å². The predicted octanol–water partition coefficient (Wildman–Crippen LogP) is 2.57. The molecule has 2 heterocycles. The summed E-state index contributed by atoms with van der Waals surface area (Å²) in [4.78, 5) is 15.0. The van der Waals surface area contributed by atoms with Crippen molar-refractivity contribution < 1.29 is 4.92 Å². The lowest BCUT2D eigenvalue weighted by atomic mass is 9.86. The SMILES string of the molecule is CC1=C(C)C(c2cccnc2)C([N+](=O)[O-])=C(C)N1. The topological polar surface area (TPSA) is 68.1 Å². The molecule has 0 radical (unpaired) electrons. The Morgan fingerprint density at radius 2 is 2.06 bits per heavy atom. The molecule has 0 bridgehead atoms. The summed E-state index contributed by atoms with van der Waals surface area (Å²) in [6, 6.07) is 3.67. The van der Waals surface area contributed by atoms with Crippen LogP contribution in [0, 0.1) is 10.1 Å². The quantitative estimate of drug-likeness (QED) is 0.642. The number of nitrogens with zero attached hydrogens (tertiary/aromatic N) is 2. The van der Waals surface area contributed by atoms with Crippen molar-refractivity contribution in [3.63, 3.8) is 0 Å². The number of hydrogen-bond donors (Lipinski definition) is 1. The van der Waals surface area contributed by atoms with Gasteiger partial charge in [0, 0.05) is 18.1 Å². The maximum atomic E-state index is 11.3. The molecule has 1 atom stereocenters. The molecule has 1 unspecified atom stereocenters. The first-order valence-electron chi connectivity index (χ1n) is 5.72. The number of nitro groups is 1. The monoisotopic (exact) mass is 245 g/mol. The van der Waals surface area contributed by atoms with Gasteiger partial charge in [0.05, 0.1) is 10.6 Å². The van der Waals surface area contributed by atoms with Crippen LogP contribution in [0.4, 0.5) is 0 Å². The summed E-state index contributed by atoms with van der Waals surface area (Å²) >= 11 is 0. The summed E-state index contributed by atoms with van der Waals surface area (Å²) in [6.07, 6.45) is 3.35. The fourth-order valence-corrected chi connectivity index (χ4v) is 2.28. The molecule has 18 heavy (non-hydrogen) atoms. The van der Waals surface area contributed by atoms with Gasteiger partial charge in [0.25, 0.3) is 5.70 Å². The highest BCUT2D eigenvalue weighted by atomic mass is 16.6. The van der Waals surface area contributed by atoms with Gasteiger partial charge in [-0.05, 0) is 38.0 Å². The molecular weight excluding hydrogens is 230 g/mol. The van der Waals surface area contributed by atoms with Crippen LogP contribution in [0.5, 0.6) is 0 Å². The number of nitrogens with one attached hydrogen (secondary N) is 1. The summed E-state index contributed by atoms with van der Waals surface area (Å²) in [7, 11) is 0. The molecule has 0 amide bonds. The molecule has 1 aromatic heterocycles. The van der Waals surface area contributed by atoms with Crippen LogP contribution in [0.15, 0.2) is 47.2 Å². The van der Waals surface area contributed by atoms with Crippen molar-refractivity contribution in [1.82, 2.24) is 10.3 Å². The lowest BCUT2D eigenvalue weighted by Crippen LogP contribution is -2.26. The summed E-state index contributed by atoms with van der Waals surface area (Å²) in [6.45, 7) is 5.58. The second-order valence-corrected chi connectivity index (χ2v) is 4.42. The van der Waals surface area contributed by atoms with E-state index in [1.165, 1.54) is 0 Å². The summed E-state index contributed by atoms with van der Waals surface area (Å²) < 4.78 is 0. The smallest absolute Gasteiger partial charge is 0.276 e. The van der Waals surface area contributed by atoms with E-state index >= 15 is 0 Å². The molecule has 5 heteroatoms. The van der Waals surface area contributed by atoms with Crippen LogP contribution in [0.1, 0.15) is 32.3 Å². The Bertz CT molecular complexity index is 547. The van der Waals surface area contributed by atoms with E-state index in [4.69, 9.17) is 0 Å². The molecule has 94 valence electrons. The van der Waals surface area contributed by atoms with Crippen LogP contribution in [0.2, 0.25) is 0 Å². The highest BCUT2D eigenvalue weighted by Gasteiger charge is 2.34. The molecule has 0 aromatic carbocycles. The molecule has 1 N–H and O–H groups in total. The Morgan fingerprint density at radius 3 is 2.61 bits per heavy atom. The standard InChI is InChI=1S/C13H15N3O2/c1-8-9(2)15-10(3)13(16(17)18)12(8)11-5-4-6-14-7-11/h4-7,12,15H,1-3H3. The minimum absolute atomic E-state index is 0.200. The molecule has 0 saturated heterocycles. The van der Waals surface area contributed by atoms with Gasteiger partial charge in [-0.25, -0.2) is 0 Å². The first-order chi connectivity index (χ1) is 8.52. The van der Waals surface area contributed by atoms with Gasteiger partial charge in [-0.3, -0.25) is 15.1 Å². The first-order valence-corrected chi connectivity index (χ1v) is 5.72. The minimum atomic E-state index is -0.324. The van der Waals surface area contributed by atoms with Crippen LogP contribution in [0.25, 0.3) is 0 Å². The fourth-order valence-electron chi connectivity index (χ4n) is 2.28. The van der Waals surface area contributed by atoms with Crippen molar-refractivity contribution in [3.8, 4) is 0 Å². The van der Waals surface area contributed by atoms with Crippen molar-refractivity contribution in [2.24, 2.45) is 0 Å². The Hall–Kier alpha value is -2.17. The predicted molar refractivity (Wildman–Crippen MR) is 68.2 cm³/mol. The van der Waals surface area contributed by atoms with E-state index in [-0.39, 0.29) is 16.5 Å². The van der Waals surface area contributed by atoms with Gasteiger partial charge >= 0.3 is 0 Å². The van der Waals surface area contributed by atoms with E-state index < -0.39 is 0 Å². The van der Waals surface area contributed by atoms with Crippen molar-refractivity contribution in [1.29, 1.82) is 0 Å². The molecule has 5 nitrogen and oxygen atoms in total. The number of pyridine rings is 1.